The molecule has 1 unspecified atom stereocenters. The van der Waals surface area contributed by atoms with Gasteiger partial charge in [-0.2, -0.15) is 0 Å². The fourth-order valence-electron chi connectivity index (χ4n) is 4.55. The van der Waals surface area contributed by atoms with Crippen molar-refractivity contribution in [1.29, 1.82) is 0 Å². The molecule has 1 atom stereocenters. The summed E-state index contributed by atoms with van der Waals surface area (Å²) < 4.78 is 17.1. The maximum absolute atomic E-state index is 13.2. The van der Waals surface area contributed by atoms with Crippen molar-refractivity contribution in [3.8, 4) is 11.5 Å². The van der Waals surface area contributed by atoms with Crippen LogP contribution in [-0.2, 0) is 22.6 Å². The molecule has 2 aromatic rings. The van der Waals surface area contributed by atoms with Crippen LogP contribution in [-0.4, -0.2) is 60.1 Å². The number of aryl methyl sites for hydroxylation is 1. The van der Waals surface area contributed by atoms with E-state index in [4.69, 9.17) is 14.2 Å². The minimum atomic E-state index is -1.25. The van der Waals surface area contributed by atoms with Gasteiger partial charge < -0.3 is 24.0 Å². The molecule has 1 aliphatic rings. The minimum absolute atomic E-state index is 0.154. The van der Waals surface area contributed by atoms with Crippen LogP contribution in [0, 0.1) is 12.8 Å². The van der Waals surface area contributed by atoms with Gasteiger partial charge in [0.15, 0.2) is 5.60 Å². The molecule has 3 rings (SSSR count). The summed E-state index contributed by atoms with van der Waals surface area (Å²) in [6, 6.07) is 9.61. The van der Waals surface area contributed by atoms with Crippen molar-refractivity contribution >= 4 is 12.0 Å². The predicted molar refractivity (Wildman–Crippen MR) is 134 cm³/mol. The van der Waals surface area contributed by atoms with Crippen molar-refractivity contribution in [2.45, 2.75) is 59.3 Å². The van der Waals surface area contributed by atoms with Gasteiger partial charge >= 0.3 is 6.09 Å². The summed E-state index contributed by atoms with van der Waals surface area (Å²) in [5.41, 5.74) is 2.60. The third-order valence-electron chi connectivity index (χ3n) is 6.19. The van der Waals surface area contributed by atoms with Crippen molar-refractivity contribution in [3.05, 3.63) is 52.8 Å². The van der Waals surface area contributed by atoms with Gasteiger partial charge in [-0.25, -0.2) is 4.79 Å². The van der Waals surface area contributed by atoms with Crippen molar-refractivity contribution in [1.82, 2.24) is 14.8 Å². The van der Waals surface area contributed by atoms with Crippen molar-refractivity contribution in [3.63, 3.8) is 0 Å². The van der Waals surface area contributed by atoms with Crippen LogP contribution in [0.5, 0.6) is 11.5 Å². The molecule has 0 bridgehead atoms. The van der Waals surface area contributed by atoms with E-state index in [1.54, 1.807) is 40.0 Å². The highest BCUT2D eigenvalue weighted by Crippen LogP contribution is 2.38. The Bertz CT molecular complexity index is 1080. The van der Waals surface area contributed by atoms with Crippen LogP contribution in [0.4, 0.5) is 4.79 Å². The molecule has 0 saturated carbocycles. The Morgan fingerprint density at radius 3 is 2.54 bits per heavy atom. The SMILES string of the molecule is COc1ccc(C)nc1COc1ccc2c(c1)CCN(C(=O)OC(C)(C)C(=O)N(C)C)C2C(C)C. The second-order valence-corrected chi connectivity index (χ2v) is 9.96. The third-order valence-corrected chi connectivity index (χ3v) is 6.19. The molecular weight excluding hydrogens is 446 g/mol. The fraction of sp³-hybridized carbons (Fsp3) is 0.519. The Morgan fingerprint density at radius 2 is 1.91 bits per heavy atom. The van der Waals surface area contributed by atoms with Crippen molar-refractivity contribution < 1.29 is 23.8 Å². The lowest BCUT2D eigenvalue weighted by Gasteiger charge is -2.40. The van der Waals surface area contributed by atoms with E-state index in [2.05, 4.69) is 18.8 Å². The lowest BCUT2D eigenvalue weighted by atomic mass is 9.86. The number of carbonyl (C=O) groups is 2. The molecule has 2 heterocycles. The van der Waals surface area contributed by atoms with E-state index in [9.17, 15) is 9.59 Å². The minimum Gasteiger partial charge on any atom is -0.495 e. The van der Waals surface area contributed by atoms with Gasteiger partial charge in [0.1, 0.15) is 23.8 Å². The fourth-order valence-corrected chi connectivity index (χ4v) is 4.55. The Labute approximate surface area is 208 Å². The number of amides is 2. The quantitative estimate of drug-likeness (QED) is 0.575. The van der Waals surface area contributed by atoms with Crippen LogP contribution in [0.1, 0.15) is 56.3 Å². The highest BCUT2D eigenvalue weighted by Gasteiger charge is 2.39. The van der Waals surface area contributed by atoms with Gasteiger partial charge in [0.2, 0.25) is 0 Å². The van der Waals surface area contributed by atoms with Gasteiger partial charge in [-0.1, -0.05) is 19.9 Å². The molecule has 0 N–H and O–H groups in total. The van der Waals surface area contributed by atoms with E-state index >= 15 is 0 Å². The smallest absolute Gasteiger partial charge is 0.411 e. The maximum Gasteiger partial charge on any atom is 0.411 e. The monoisotopic (exact) mass is 483 g/mol. The van der Waals surface area contributed by atoms with Gasteiger partial charge in [0.25, 0.3) is 5.91 Å². The molecule has 8 heteroatoms. The Hall–Kier alpha value is -3.29. The number of nitrogens with zero attached hydrogens (tertiary/aromatic N) is 3. The van der Waals surface area contributed by atoms with Gasteiger partial charge in [-0.15, -0.1) is 0 Å². The Morgan fingerprint density at radius 1 is 1.20 bits per heavy atom. The summed E-state index contributed by atoms with van der Waals surface area (Å²) in [4.78, 5) is 33.3. The van der Waals surface area contributed by atoms with E-state index in [0.717, 1.165) is 28.3 Å². The first-order valence-corrected chi connectivity index (χ1v) is 11.9. The second-order valence-electron chi connectivity index (χ2n) is 9.96. The number of likely N-dealkylation sites (N-methyl/N-ethyl adjacent to an activating group) is 1. The van der Waals surface area contributed by atoms with Crippen LogP contribution >= 0.6 is 0 Å². The highest BCUT2D eigenvalue weighted by atomic mass is 16.6. The summed E-state index contributed by atoms with van der Waals surface area (Å²) in [5, 5.41) is 0. The van der Waals surface area contributed by atoms with Crippen molar-refractivity contribution in [2.24, 2.45) is 5.92 Å². The van der Waals surface area contributed by atoms with Gasteiger partial charge in [0.05, 0.1) is 13.2 Å². The molecule has 1 aliphatic heterocycles. The summed E-state index contributed by atoms with van der Waals surface area (Å²) in [6.07, 6.45) is 0.186. The number of aromatic nitrogens is 1. The topological polar surface area (TPSA) is 81.2 Å². The molecule has 0 spiro atoms. The van der Waals surface area contributed by atoms with Crippen LogP contribution in [0.2, 0.25) is 0 Å². The lowest BCUT2D eigenvalue weighted by Crippen LogP contribution is -2.50. The second kappa shape index (κ2) is 10.5. The standard InChI is InChI=1S/C27H37N3O5/c1-17(2)24-21-11-10-20(34-16-22-23(33-8)12-9-18(3)28-22)15-19(21)13-14-30(24)26(32)35-27(4,5)25(31)29(6)7/h9-12,15,17,24H,13-14,16H2,1-8H3. The van der Waals surface area contributed by atoms with Crippen LogP contribution in [0.25, 0.3) is 0 Å². The maximum atomic E-state index is 13.2. The normalized spacial score (nSPS) is 15.5. The molecule has 2 amide bonds. The number of ether oxygens (including phenoxy) is 3. The van der Waals surface area contributed by atoms with Crippen molar-refractivity contribution in [2.75, 3.05) is 27.7 Å². The highest BCUT2D eigenvalue weighted by molar-refractivity contribution is 5.86. The summed E-state index contributed by atoms with van der Waals surface area (Å²) in [6.45, 7) is 10.1. The molecule has 0 aliphatic carbocycles. The number of benzene rings is 1. The van der Waals surface area contributed by atoms with E-state index in [1.807, 2.05) is 37.3 Å². The van der Waals surface area contributed by atoms with Gasteiger partial charge in [-0.3, -0.25) is 9.78 Å². The van der Waals surface area contributed by atoms with Gasteiger partial charge in [-0.05, 0) is 68.5 Å². The molecule has 190 valence electrons. The Balaban J connectivity index is 1.78. The van der Waals surface area contributed by atoms with Crippen LogP contribution in [0.3, 0.4) is 0 Å². The van der Waals surface area contributed by atoms with Crippen LogP contribution in [0.15, 0.2) is 30.3 Å². The molecule has 0 radical (unpaired) electrons. The number of fused-ring (bicyclic) bond motifs is 1. The number of pyridine rings is 1. The molecule has 0 saturated heterocycles. The summed E-state index contributed by atoms with van der Waals surface area (Å²) >= 11 is 0. The Kier molecular flexibility index (Phi) is 7.93. The average molecular weight is 484 g/mol. The van der Waals surface area contributed by atoms with E-state index in [1.165, 1.54) is 4.90 Å². The average Bonchev–Trinajstić information content (AvgIpc) is 2.80. The first kappa shape index (κ1) is 26.3. The predicted octanol–water partition coefficient (Wildman–Crippen LogP) is 4.54. The number of hydrogen-bond acceptors (Lipinski definition) is 6. The zero-order valence-electron chi connectivity index (χ0n) is 22.0. The molecular formula is C27H37N3O5. The number of hydrogen-bond donors (Lipinski definition) is 0. The zero-order chi connectivity index (χ0) is 25.9. The number of methoxy groups -OCH3 is 1. The van der Waals surface area contributed by atoms with E-state index in [-0.39, 0.29) is 17.9 Å². The molecule has 1 aromatic heterocycles. The number of carbonyl (C=O) groups excluding carboxylic acids is 2. The molecule has 8 nitrogen and oxygen atoms in total. The zero-order valence-corrected chi connectivity index (χ0v) is 22.0. The third kappa shape index (κ3) is 5.86. The molecule has 1 aromatic carbocycles. The van der Waals surface area contributed by atoms with Crippen LogP contribution < -0.4 is 9.47 Å². The summed E-state index contributed by atoms with van der Waals surface area (Å²) in [7, 11) is 4.92. The van der Waals surface area contributed by atoms with Gasteiger partial charge in [0, 0.05) is 26.3 Å². The largest absolute Gasteiger partial charge is 0.495 e. The summed E-state index contributed by atoms with van der Waals surface area (Å²) in [5.74, 6) is 1.33. The van der Waals surface area contributed by atoms with E-state index < -0.39 is 11.7 Å². The molecule has 0 fully saturated rings. The first-order valence-electron chi connectivity index (χ1n) is 11.9. The first-order chi connectivity index (χ1) is 16.4. The number of rotatable bonds is 7. The molecule has 35 heavy (non-hydrogen) atoms. The van der Waals surface area contributed by atoms with E-state index in [0.29, 0.717) is 25.3 Å². The lowest BCUT2D eigenvalue weighted by molar-refractivity contribution is -0.146.